The number of anilines is 1. The van der Waals surface area contributed by atoms with Gasteiger partial charge in [-0.15, -0.1) is 0 Å². The Labute approximate surface area is 205 Å². The number of benzene rings is 3. The summed E-state index contributed by atoms with van der Waals surface area (Å²) in [6, 6.07) is 14.5. The van der Waals surface area contributed by atoms with E-state index < -0.39 is 10.0 Å². The van der Waals surface area contributed by atoms with Crippen LogP contribution in [0.2, 0.25) is 5.02 Å². The number of nitrogens with two attached hydrogens (primary N) is 1. The average Bonchev–Trinajstić information content (AvgIpc) is 2.73. The van der Waals surface area contributed by atoms with Gasteiger partial charge < -0.3 is 10.1 Å². The van der Waals surface area contributed by atoms with Crippen LogP contribution in [0.25, 0.3) is 0 Å². The summed E-state index contributed by atoms with van der Waals surface area (Å²) in [5, 5.41) is 17.4. The number of amides is 1. The van der Waals surface area contributed by atoms with Crippen molar-refractivity contribution in [1.29, 1.82) is 5.26 Å². The maximum absolute atomic E-state index is 12.6. The molecular formula is C23H19BrClN3O4S. The maximum atomic E-state index is 12.6. The molecule has 0 radical (unpaired) electrons. The Morgan fingerprint density at radius 3 is 2.52 bits per heavy atom. The smallest absolute Gasteiger partial charge is 0.238 e. The Kier molecular flexibility index (Phi) is 7.44. The number of rotatable bonds is 6. The molecule has 0 fully saturated rings. The summed E-state index contributed by atoms with van der Waals surface area (Å²) in [4.78, 5) is 12.6. The lowest BCUT2D eigenvalue weighted by atomic mass is 9.99. The molecule has 3 aromatic rings. The van der Waals surface area contributed by atoms with Crippen molar-refractivity contribution in [2.45, 2.75) is 25.2 Å². The zero-order valence-corrected chi connectivity index (χ0v) is 20.8. The first-order valence-corrected chi connectivity index (χ1v) is 12.3. The second kappa shape index (κ2) is 9.93. The number of carbonyl (C=O) groups excluding carboxylic acids is 1. The predicted octanol–water partition coefficient (Wildman–Crippen LogP) is 5.21. The Morgan fingerprint density at radius 1 is 1.15 bits per heavy atom. The molecule has 0 spiro atoms. The van der Waals surface area contributed by atoms with E-state index in [4.69, 9.17) is 26.7 Å². The molecule has 0 aliphatic rings. The molecule has 33 heavy (non-hydrogen) atoms. The first kappa shape index (κ1) is 24.7. The Balaban J connectivity index is 1.76. The quantitative estimate of drug-likeness (QED) is 0.438. The molecule has 0 aliphatic carbocycles. The molecule has 10 heteroatoms. The highest BCUT2D eigenvalue weighted by Gasteiger charge is 2.15. The monoisotopic (exact) mass is 547 g/mol. The number of halogens is 2. The van der Waals surface area contributed by atoms with Crippen LogP contribution in [0, 0.1) is 25.2 Å². The van der Waals surface area contributed by atoms with Crippen molar-refractivity contribution < 1.29 is 17.9 Å². The summed E-state index contributed by atoms with van der Waals surface area (Å²) in [6.07, 6.45) is 0.103. The summed E-state index contributed by atoms with van der Waals surface area (Å²) in [5.74, 6) is 0.757. The lowest BCUT2D eigenvalue weighted by Gasteiger charge is -2.15. The molecule has 0 unspecified atom stereocenters. The molecule has 1 amide bonds. The number of ether oxygens (including phenoxy) is 1. The van der Waals surface area contributed by atoms with Gasteiger partial charge in [0.05, 0.1) is 28.6 Å². The summed E-state index contributed by atoms with van der Waals surface area (Å²) >= 11 is 9.30. The van der Waals surface area contributed by atoms with Gasteiger partial charge in [0.2, 0.25) is 15.9 Å². The number of hydrogen-bond acceptors (Lipinski definition) is 5. The number of hydrogen-bond donors (Lipinski definition) is 2. The van der Waals surface area contributed by atoms with Crippen molar-refractivity contribution >= 4 is 49.1 Å². The average molecular weight is 549 g/mol. The van der Waals surface area contributed by atoms with Crippen molar-refractivity contribution in [3.05, 3.63) is 80.3 Å². The highest BCUT2D eigenvalue weighted by Crippen LogP contribution is 2.31. The highest BCUT2D eigenvalue weighted by molar-refractivity contribution is 9.10. The van der Waals surface area contributed by atoms with Crippen LogP contribution in [0.5, 0.6) is 11.5 Å². The van der Waals surface area contributed by atoms with Crippen LogP contribution in [0.15, 0.2) is 57.9 Å². The molecule has 7 nitrogen and oxygen atoms in total. The van der Waals surface area contributed by atoms with Gasteiger partial charge in [-0.3, -0.25) is 4.79 Å². The number of nitrogens with one attached hydrogen (secondary N) is 1. The van der Waals surface area contributed by atoms with Crippen LogP contribution in [0.3, 0.4) is 0 Å². The number of primary sulfonamides is 1. The minimum absolute atomic E-state index is 0.0592. The zero-order chi connectivity index (χ0) is 24.3. The number of carbonyl (C=O) groups is 1. The summed E-state index contributed by atoms with van der Waals surface area (Å²) < 4.78 is 29.2. The Morgan fingerprint density at radius 2 is 1.88 bits per heavy atom. The topological polar surface area (TPSA) is 122 Å². The number of nitriles is 1. The highest BCUT2D eigenvalue weighted by atomic mass is 79.9. The molecule has 0 saturated carbocycles. The fourth-order valence-electron chi connectivity index (χ4n) is 3.11. The van der Waals surface area contributed by atoms with Gasteiger partial charge in [0, 0.05) is 9.50 Å². The zero-order valence-electron chi connectivity index (χ0n) is 17.6. The van der Waals surface area contributed by atoms with Crippen LogP contribution in [0.4, 0.5) is 5.69 Å². The number of sulfonamides is 1. The van der Waals surface area contributed by atoms with Crippen molar-refractivity contribution in [3.63, 3.8) is 0 Å². The molecule has 0 saturated heterocycles. The van der Waals surface area contributed by atoms with Gasteiger partial charge in [0.1, 0.15) is 11.5 Å². The van der Waals surface area contributed by atoms with Crippen LogP contribution < -0.4 is 15.2 Å². The van der Waals surface area contributed by atoms with Crippen LogP contribution in [0.1, 0.15) is 22.3 Å². The van der Waals surface area contributed by atoms with Gasteiger partial charge in [0.25, 0.3) is 0 Å². The molecule has 0 bridgehead atoms. The van der Waals surface area contributed by atoms with E-state index in [2.05, 4.69) is 21.2 Å². The van der Waals surface area contributed by atoms with E-state index in [9.17, 15) is 13.2 Å². The largest absolute Gasteiger partial charge is 0.457 e. The third-order valence-electron chi connectivity index (χ3n) is 4.97. The fourth-order valence-corrected chi connectivity index (χ4v) is 4.50. The van der Waals surface area contributed by atoms with E-state index in [0.29, 0.717) is 32.2 Å². The standard InChI is InChI=1S/C23H19BrClN3O4S/c1-13-14(2)22(32-18-8-15(12-26)7-17(25)10-18)6-3-16(13)9-23(29)28-21-5-4-19(11-20(21)24)33(27,30)31/h3-8,10-11H,9H2,1-2H3,(H,28,29)(H2,27,30,31). The number of nitrogens with zero attached hydrogens (tertiary/aromatic N) is 1. The van der Waals surface area contributed by atoms with E-state index >= 15 is 0 Å². The molecule has 0 aromatic heterocycles. The van der Waals surface area contributed by atoms with Gasteiger partial charge in [0.15, 0.2) is 0 Å². The van der Waals surface area contributed by atoms with Gasteiger partial charge in [-0.2, -0.15) is 5.26 Å². The van der Waals surface area contributed by atoms with E-state index in [1.54, 1.807) is 30.3 Å². The van der Waals surface area contributed by atoms with Crippen LogP contribution in [-0.4, -0.2) is 14.3 Å². The Bertz CT molecular complexity index is 1400. The third-order valence-corrected chi connectivity index (χ3v) is 6.76. The second-order valence-electron chi connectivity index (χ2n) is 7.27. The van der Waals surface area contributed by atoms with E-state index in [1.807, 2.05) is 19.9 Å². The normalized spacial score (nSPS) is 11.0. The van der Waals surface area contributed by atoms with Gasteiger partial charge in [-0.25, -0.2) is 13.6 Å². The van der Waals surface area contributed by atoms with Crippen molar-refractivity contribution in [3.8, 4) is 17.6 Å². The fraction of sp³-hybridized carbons (Fsp3) is 0.130. The minimum Gasteiger partial charge on any atom is -0.457 e. The lowest BCUT2D eigenvalue weighted by Crippen LogP contribution is -2.16. The molecule has 3 aromatic carbocycles. The first-order chi connectivity index (χ1) is 15.5. The molecule has 3 N–H and O–H groups in total. The van der Waals surface area contributed by atoms with Gasteiger partial charge >= 0.3 is 0 Å². The van der Waals surface area contributed by atoms with Crippen LogP contribution >= 0.6 is 27.5 Å². The van der Waals surface area contributed by atoms with Crippen molar-refractivity contribution in [2.75, 3.05) is 5.32 Å². The minimum atomic E-state index is -3.84. The third kappa shape index (κ3) is 6.12. The molecule has 0 heterocycles. The first-order valence-electron chi connectivity index (χ1n) is 9.57. The summed E-state index contributed by atoms with van der Waals surface area (Å²) in [6.45, 7) is 3.77. The summed E-state index contributed by atoms with van der Waals surface area (Å²) in [5.41, 5.74) is 3.35. The maximum Gasteiger partial charge on any atom is 0.238 e. The van der Waals surface area contributed by atoms with Gasteiger partial charge in [-0.1, -0.05) is 17.7 Å². The van der Waals surface area contributed by atoms with Crippen molar-refractivity contribution in [1.82, 2.24) is 0 Å². The van der Waals surface area contributed by atoms with E-state index in [0.717, 1.165) is 16.7 Å². The van der Waals surface area contributed by atoms with E-state index in [1.165, 1.54) is 18.2 Å². The SMILES string of the molecule is Cc1c(CC(=O)Nc2ccc(S(N)(=O)=O)cc2Br)ccc(Oc2cc(Cl)cc(C#N)c2)c1C. The Hall–Kier alpha value is -2.90. The molecular weight excluding hydrogens is 530 g/mol. The second-order valence-corrected chi connectivity index (χ2v) is 10.1. The van der Waals surface area contributed by atoms with Crippen LogP contribution in [-0.2, 0) is 21.2 Å². The van der Waals surface area contributed by atoms with E-state index in [-0.39, 0.29) is 17.2 Å². The lowest BCUT2D eigenvalue weighted by molar-refractivity contribution is -0.115. The molecule has 170 valence electrons. The molecule has 3 rings (SSSR count). The van der Waals surface area contributed by atoms with Gasteiger partial charge in [-0.05, 0) is 88.9 Å². The molecule has 0 aliphatic heterocycles. The molecule has 0 atom stereocenters. The summed E-state index contributed by atoms with van der Waals surface area (Å²) in [7, 11) is -3.84. The van der Waals surface area contributed by atoms with Crippen molar-refractivity contribution in [2.24, 2.45) is 5.14 Å². The predicted molar refractivity (Wildman–Crippen MR) is 130 cm³/mol.